The highest BCUT2D eigenvalue weighted by Gasteiger charge is 2.35. The minimum atomic E-state index is 0.232. The molecule has 0 aliphatic heterocycles. The Hall–Kier alpha value is -5.86. The summed E-state index contributed by atoms with van der Waals surface area (Å²) in [7, 11) is 0. The van der Waals surface area contributed by atoms with Gasteiger partial charge < -0.3 is 9.80 Å². The number of rotatable bonds is 10. The molecule has 0 saturated heterocycles. The second-order valence-corrected chi connectivity index (χ2v) is 15.7. The van der Waals surface area contributed by atoms with Crippen molar-refractivity contribution in [3.63, 3.8) is 0 Å². The highest BCUT2D eigenvalue weighted by Crippen LogP contribution is 2.42. The predicted molar refractivity (Wildman–Crippen MR) is 238 cm³/mol. The molecule has 0 aromatic heterocycles. The summed E-state index contributed by atoms with van der Waals surface area (Å²) >= 11 is 0. The molecule has 2 heteroatoms. The van der Waals surface area contributed by atoms with Crippen LogP contribution in [0, 0.1) is 11.8 Å². The first-order valence-corrected chi connectivity index (χ1v) is 20.8. The summed E-state index contributed by atoms with van der Waals surface area (Å²) < 4.78 is 0. The van der Waals surface area contributed by atoms with Gasteiger partial charge in [0.2, 0.25) is 0 Å². The molecular weight excluding hydrogens is 677 g/mol. The second-order valence-electron chi connectivity index (χ2n) is 15.7. The van der Waals surface area contributed by atoms with Gasteiger partial charge >= 0.3 is 0 Å². The van der Waals surface area contributed by atoms with Crippen LogP contribution in [-0.4, -0.2) is 23.0 Å². The van der Waals surface area contributed by atoms with Gasteiger partial charge in [-0.1, -0.05) is 176 Å². The first-order valence-electron chi connectivity index (χ1n) is 20.8. The number of hydrogen-bond acceptors (Lipinski definition) is 2. The van der Waals surface area contributed by atoms with E-state index in [4.69, 9.17) is 0 Å². The molecule has 0 heterocycles. The van der Waals surface area contributed by atoms with Gasteiger partial charge in [0.1, 0.15) is 0 Å². The number of anilines is 2. The Morgan fingerprint density at radius 1 is 0.518 bits per heavy atom. The molecule has 3 aromatic carbocycles. The Labute approximate surface area is 334 Å². The van der Waals surface area contributed by atoms with Gasteiger partial charge in [0.05, 0.1) is 18.1 Å². The number of benzene rings is 3. The lowest BCUT2D eigenvalue weighted by Crippen LogP contribution is -2.47. The van der Waals surface area contributed by atoms with Crippen LogP contribution in [0.1, 0.15) is 50.5 Å². The van der Waals surface area contributed by atoms with E-state index in [9.17, 15) is 0 Å². The molecule has 56 heavy (non-hydrogen) atoms. The zero-order chi connectivity index (χ0) is 37.5. The number of para-hydroxylation sites is 1. The maximum Gasteiger partial charge on any atom is 0.0560 e. The van der Waals surface area contributed by atoms with E-state index in [0.29, 0.717) is 17.9 Å². The summed E-state index contributed by atoms with van der Waals surface area (Å²) in [5.74, 6) is 0.783. The van der Waals surface area contributed by atoms with E-state index in [1.807, 2.05) is 0 Å². The summed E-state index contributed by atoms with van der Waals surface area (Å²) in [6.07, 6.45) is 54.4. The fourth-order valence-electron chi connectivity index (χ4n) is 9.43. The van der Waals surface area contributed by atoms with Crippen molar-refractivity contribution in [2.75, 3.05) is 4.90 Å². The Bertz CT molecular complexity index is 2260. The third-order valence-corrected chi connectivity index (χ3v) is 12.3. The fraction of sp³-hybridized carbons (Fsp3) is 0.222. The maximum atomic E-state index is 2.77. The molecule has 0 bridgehead atoms. The van der Waals surface area contributed by atoms with Crippen molar-refractivity contribution >= 4 is 16.9 Å². The van der Waals surface area contributed by atoms with Crippen LogP contribution in [0.25, 0.3) is 16.7 Å². The molecular formula is C54H52N2. The van der Waals surface area contributed by atoms with Crippen LogP contribution in [-0.2, 0) is 0 Å². The second kappa shape index (κ2) is 16.9. The summed E-state index contributed by atoms with van der Waals surface area (Å²) in [4.78, 5) is 5.31. The Morgan fingerprint density at radius 3 is 1.96 bits per heavy atom. The highest BCUT2D eigenvalue weighted by atomic mass is 15.2. The first kappa shape index (κ1) is 35.8. The zero-order valence-electron chi connectivity index (χ0n) is 32.3. The normalized spacial score (nSPS) is 25.0. The van der Waals surface area contributed by atoms with Crippen molar-refractivity contribution in [1.29, 1.82) is 0 Å². The maximum absolute atomic E-state index is 2.77. The summed E-state index contributed by atoms with van der Waals surface area (Å²) in [6.45, 7) is 0. The lowest BCUT2D eigenvalue weighted by Gasteiger charge is -2.45. The third kappa shape index (κ3) is 7.66. The predicted octanol–water partition coefficient (Wildman–Crippen LogP) is 13.5. The molecule has 6 aliphatic carbocycles. The first-order chi connectivity index (χ1) is 27.8. The van der Waals surface area contributed by atoms with Gasteiger partial charge in [-0.2, -0.15) is 0 Å². The lowest BCUT2D eigenvalue weighted by atomic mass is 9.76. The average Bonchev–Trinajstić information content (AvgIpc) is 3.29. The minimum absolute atomic E-state index is 0.232. The van der Waals surface area contributed by atoms with Crippen LogP contribution in [0.15, 0.2) is 217 Å². The topological polar surface area (TPSA) is 6.48 Å². The molecule has 2 nitrogen and oxygen atoms in total. The summed E-state index contributed by atoms with van der Waals surface area (Å²) in [5, 5.41) is 0. The Kier molecular flexibility index (Phi) is 10.8. The van der Waals surface area contributed by atoms with Crippen molar-refractivity contribution in [3.8, 4) is 11.1 Å². The molecule has 3 aromatic rings. The van der Waals surface area contributed by atoms with E-state index >= 15 is 0 Å². The average molecular weight is 729 g/mol. The van der Waals surface area contributed by atoms with Gasteiger partial charge in [-0.3, -0.25) is 0 Å². The zero-order valence-corrected chi connectivity index (χ0v) is 32.3. The molecule has 278 valence electrons. The lowest BCUT2D eigenvalue weighted by molar-refractivity contribution is 0.179. The molecule has 9 rings (SSSR count). The number of nitrogens with zero attached hydrogens (tertiary/aromatic N) is 2. The van der Waals surface area contributed by atoms with E-state index in [1.165, 1.54) is 50.5 Å². The van der Waals surface area contributed by atoms with Crippen LogP contribution >= 0.6 is 0 Å². The summed E-state index contributed by atoms with van der Waals surface area (Å²) in [5.41, 5.74) is 12.0. The van der Waals surface area contributed by atoms with Gasteiger partial charge in [-0.25, -0.2) is 0 Å². The Morgan fingerprint density at radius 2 is 1.25 bits per heavy atom. The largest absolute Gasteiger partial charge is 0.361 e. The molecule has 0 N–H and O–H groups in total. The van der Waals surface area contributed by atoms with Crippen molar-refractivity contribution in [3.05, 3.63) is 223 Å². The van der Waals surface area contributed by atoms with Crippen LogP contribution in [0.5, 0.6) is 0 Å². The van der Waals surface area contributed by atoms with Crippen molar-refractivity contribution in [1.82, 2.24) is 4.90 Å². The van der Waals surface area contributed by atoms with Gasteiger partial charge in [0.15, 0.2) is 0 Å². The van der Waals surface area contributed by atoms with Crippen LogP contribution in [0.4, 0.5) is 11.4 Å². The molecule has 0 radical (unpaired) electrons. The van der Waals surface area contributed by atoms with Gasteiger partial charge in [0.25, 0.3) is 0 Å². The van der Waals surface area contributed by atoms with Gasteiger partial charge in [-0.05, 0) is 103 Å². The molecule has 5 atom stereocenters. The fourth-order valence-corrected chi connectivity index (χ4v) is 9.43. The van der Waals surface area contributed by atoms with Crippen molar-refractivity contribution in [2.45, 2.75) is 63.1 Å². The highest BCUT2D eigenvalue weighted by molar-refractivity contribution is 5.86. The van der Waals surface area contributed by atoms with Crippen molar-refractivity contribution in [2.24, 2.45) is 11.8 Å². The smallest absolute Gasteiger partial charge is 0.0560 e. The van der Waals surface area contributed by atoms with Crippen LogP contribution in [0.3, 0.4) is 0 Å². The molecule has 5 unspecified atom stereocenters. The molecule has 6 aliphatic rings. The molecule has 0 saturated carbocycles. The Balaban J connectivity index is 0.992. The molecule has 0 fully saturated rings. The van der Waals surface area contributed by atoms with E-state index < -0.39 is 0 Å². The van der Waals surface area contributed by atoms with Crippen LogP contribution < -0.4 is 4.90 Å². The molecule has 0 spiro atoms. The quantitative estimate of drug-likeness (QED) is 0.205. The molecule has 0 amide bonds. The third-order valence-electron chi connectivity index (χ3n) is 12.3. The minimum Gasteiger partial charge on any atom is -0.361 e. The number of allylic oxidation sites excluding steroid dienone is 18. The van der Waals surface area contributed by atoms with E-state index in [-0.39, 0.29) is 12.1 Å². The van der Waals surface area contributed by atoms with Crippen molar-refractivity contribution < 1.29 is 0 Å². The van der Waals surface area contributed by atoms with E-state index in [1.54, 1.807) is 0 Å². The SMILES string of the molecule is C1=CCCC(C2=CC=C(N(C3C=CC=CC3)C3C=CC=CC3C3C=CC(c4ccccc4N(c4ccc(-c5ccccc5)cc4)C4C=CC=CC4)=CC3)CC2)=C1. The standard InChI is InChI=1S/C54H52N2/c1-5-17-41(18-6-1)43-33-37-49(38-34-43)55(47-21-9-3-10-22-47)53-27-15-13-25-51(53)45-29-31-46(32-30-45)52-26-14-16-28-54(52)56(48-23-11-4-12-24-48)50-39-35-44(36-40-50)42-19-7-2-8-20-42/h1-7,9-19,21,23,25-31,33-35,37-39,46-48,52,54H,8,20,22,24,32,36,40H2. The van der Waals surface area contributed by atoms with E-state index in [2.05, 4.69) is 210 Å². The monoisotopic (exact) mass is 728 g/mol. The van der Waals surface area contributed by atoms with Gasteiger partial charge in [-0.15, -0.1) is 0 Å². The van der Waals surface area contributed by atoms with Crippen LogP contribution in [0.2, 0.25) is 0 Å². The summed E-state index contributed by atoms with van der Waals surface area (Å²) in [6, 6.07) is 29.7. The number of hydrogen-bond donors (Lipinski definition) is 0. The van der Waals surface area contributed by atoms with Gasteiger partial charge in [0, 0.05) is 28.6 Å². The van der Waals surface area contributed by atoms with E-state index in [0.717, 1.165) is 44.9 Å².